The van der Waals surface area contributed by atoms with Crippen molar-refractivity contribution in [3.8, 4) is 0 Å². The molecule has 0 bridgehead atoms. The zero-order valence-electron chi connectivity index (χ0n) is 6.13. The molecule has 0 aromatic heterocycles. The lowest BCUT2D eigenvalue weighted by atomic mass is 10.0. The molecule has 1 unspecified atom stereocenters. The van der Waals surface area contributed by atoms with Gasteiger partial charge in [-0.25, -0.2) is 4.79 Å². The molecule has 0 aromatic rings. The van der Waals surface area contributed by atoms with E-state index in [2.05, 4.69) is 10.6 Å². The molecule has 0 aromatic carbocycles. The van der Waals surface area contributed by atoms with Crippen molar-refractivity contribution >= 4 is 11.9 Å². The number of rotatable bonds is 2. The Kier molecular flexibility index (Phi) is 2.09. The molecule has 5 heteroatoms. The Labute approximate surface area is 63.8 Å². The summed E-state index contributed by atoms with van der Waals surface area (Å²) in [6.07, 6.45) is 0. The third-order valence-electron chi connectivity index (χ3n) is 1.66. The number of urea groups is 1. The summed E-state index contributed by atoms with van der Waals surface area (Å²) in [7, 11) is 0. The maximum absolute atomic E-state index is 10.9. The molecule has 11 heavy (non-hydrogen) atoms. The number of hydrogen-bond acceptors (Lipinski definition) is 3. The van der Waals surface area contributed by atoms with E-state index >= 15 is 0 Å². The number of imide groups is 1. The Morgan fingerprint density at radius 2 is 2.27 bits per heavy atom. The van der Waals surface area contributed by atoms with Crippen LogP contribution in [0.2, 0.25) is 0 Å². The maximum atomic E-state index is 10.9. The molecule has 1 aliphatic rings. The van der Waals surface area contributed by atoms with Gasteiger partial charge in [0.1, 0.15) is 6.04 Å². The fourth-order valence-corrected chi connectivity index (χ4v) is 0.939. The van der Waals surface area contributed by atoms with Crippen LogP contribution in [0.1, 0.15) is 6.92 Å². The van der Waals surface area contributed by atoms with Crippen molar-refractivity contribution in [2.45, 2.75) is 13.0 Å². The van der Waals surface area contributed by atoms with Gasteiger partial charge in [0.2, 0.25) is 0 Å². The average molecular weight is 158 g/mol. The Balaban J connectivity index is 2.59. The molecule has 3 amide bonds. The van der Waals surface area contributed by atoms with E-state index in [0.717, 1.165) is 0 Å². The monoisotopic (exact) mass is 158 g/mol. The molecule has 2 atom stereocenters. The van der Waals surface area contributed by atoms with Crippen LogP contribution in [0.25, 0.3) is 0 Å². The highest BCUT2D eigenvalue weighted by atomic mass is 16.3. The highest BCUT2D eigenvalue weighted by Crippen LogP contribution is 2.05. The Bertz CT molecular complexity index is 192. The normalized spacial score (nSPS) is 26.2. The van der Waals surface area contributed by atoms with E-state index in [1.54, 1.807) is 6.92 Å². The van der Waals surface area contributed by atoms with E-state index in [4.69, 9.17) is 5.11 Å². The lowest BCUT2D eigenvalue weighted by Gasteiger charge is -2.12. The first-order chi connectivity index (χ1) is 5.15. The topological polar surface area (TPSA) is 78.4 Å². The first kappa shape index (κ1) is 8.00. The van der Waals surface area contributed by atoms with Gasteiger partial charge in [-0.05, 0) is 0 Å². The summed E-state index contributed by atoms with van der Waals surface area (Å²) >= 11 is 0. The third kappa shape index (κ3) is 1.48. The van der Waals surface area contributed by atoms with Crippen LogP contribution < -0.4 is 10.6 Å². The molecule has 1 rings (SSSR count). The van der Waals surface area contributed by atoms with Crippen LogP contribution in [-0.2, 0) is 4.79 Å². The summed E-state index contributed by atoms with van der Waals surface area (Å²) in [6.45, 7) is 1.58. The first-order valence-corrected chi connectivity index (χ1v) is 3.37. The lowest BCUT2D eigenvalue weighted by Crippen LogP contribution is -2.37. The van der Waals surface area contributed by atoms with Crippen molar-refractivity contribution < 1.29 is 14.7 Å². The van der Waals surface area contributed by atoms with E-state index in [9.17, 15) is 9.59 Å². The number of amides is 3. The van der Waals surface area contributed by atoms with E-state index in [1.165, 1.54) is 0 Å². The summed E-state index contributed by atoms with van der Waals surface area (Å²) in [5.74, 6) is -0.599. The third-order valence-corrected chi connectivity index (χ3v) is 1.66. The van der Waals surface area contributed by atoms with Gasteiger partial charge in [0.25, 0.3) is 5.91 Å². The van der Waals surface area contributed by atoms with Crippen LogP contribution >= 0.6 is 0 Å². The number of nitrogens with one attached hydrogen (secondary N) is 2. The quantitative estimate of drug-likeness (QED) is 0.443. The molecule has 0 saturated carbocycles. The first-order valence-electron chi connectivity index (χ1n) is 3.37. The van der Waals surface area contributed by atoms with Gasteiger partial charge in [-0.3, -0.25) is 10.1 Å². The molecular formula is C6H10N2O3. The summed E-state index contributed by atoms with van der Waals surface area (Å²) < 4.78 is 0. The molecule has 1 saturated heterocycles. The van der Waals surface area contributed by atoms with Gasteiger partial charge in [-0.15, -0.1) is 0 Å². The largest absolute Gasteiger partial charge is 0.396 e. The molecule has 0 spiro atoms. The fourth-order valence-electron chi connectivity index (χ4n) is 0.939. The summed E-state index contributed by atoms with van der Waals surface area (Å²) in [5, 5.41) is 13.1. The van der Waals surface area contributed by atoms with E-state index < -0.39 is 12.1 Å². The summed E-state index contributed by atoms with van der Waals surface area (Å²) in [5.41, 5.74) is 0. The van der Waals surface area contributed by atoms with Crippen LogP contribution in [0.3, 0.4) is 0 Å². The Morgan fingerprint density at radius 3 is 2.64 bits per heavy atom. The second-order valence-corrected chi connectivity index (χ2v) is 2.60. The molecule has 3 N–H and O–H groups in total. The SMILES string of the molecule is C[C@@H](CO)C1NC(=O)NC1=O. The molecule has 62 valence electrons. The van der Waals surface area contributed by atoms with Crippen molar-refractivity contribution in [3.05, 3.63) is 0 Å². The Hall–Kier alpha value is -1.10. The number of aliphatic hydroxyl groups excluding tert-OH is 1. The van der Waals surface area contributed by atoms with Crippen LogP contribution in [0.5, 0.6) is 0 Å². The summed E-state index contributed by atoms with van der Waals surface area (Å²) in [6, 6.07) is -1.06. The molecule has 1 heterocycles. The lowest BCUT2D eigenvalue weighted by molar-refractivity contribution is -0.121. The number of carbonyl (C=O) groups is 2. The van der Waals surface area contributed by atoms with Gasteiger partial charge >= 0.3 is 6.03 Å². The van der Waals surface area contributed by atoms with E-state index in [1.807, 2.05) is 0 Å². The minimum Gasteiger partial charge on any atom is -0.396 e. The van der Waals surface area contributed by atoms with Crippen molar-refractivity contribution in [2.24, 2.45) is 5.92 Å². The van der Waals surface area contributed by atoms with Gasteiger partial charge < -0.3 is 10.4 Å². The highest BCUT2D eigenvalue weighted by Gasteiger charge is 2.33. The van der Waals surface area contributed by atoms with Crippen molar-refractivity contribution in [1.82, 2.24) is 10.6 Å². The van der Waals surface area contributed by atoms with Crippen LogP contribution in [-0.4, -0.2) is 29.7 Å². The smallest absolute Gasteiger partial charge is 0.322 e. The molecule has 5 nitrogen and oxygen atoms in total. The Morgan fingerprint density at radius 1 is 1.64 bits per heavy atom. The molecule has 0 aliphatic carbocycles. The second kappa shape index (κ2) is 2.87. The molecule has 1 aliphatic heterocycles. The number of aliphatic hydroxyl groups is 1. The minimum atomic E-state index is -0.576. The minimum absolute atomic E-state index is 0.113. The number of hydrogen-bond donors (Lipinski definition) is 3. The fraction of sp³-hybridized carbons (Fsp3) is 0.667. The van der Waals surface area contributed by atoms with Crippen molar-refractivity contribution in [2.75, 3.05) is 6.61 Å². The van der Waals surface area contributed by atoms with Gasteiger partial charge in [0.05, 0.1) is 0 Å². The van der Waals surface area contributed by atoms with Gasteiger partial charge in [-0.2, -0.15) is 0 Å². The predicted molar refractivity (Wildman–Crippen MR) is 36.7 cm³/mol. The van der Waals surface area contributed by atoms with Crippen LogP contribution in [0.4, 0.5) is 4.79 Å². The summed E-state index contributed by atoms with van der Waals surface area (Å²) in [4.78, 5) is 21.4. The standard InChI is InChI=1S/C6H10N2O3/c1-3(2-9)4-5(10)8-6(11)7-4/h3-4,9H,2H2,1H3,(H2,7,8,10,11)/t3-,4?/m0/s1. The van der Waals surface area contributed by atoms with Crippen molar-refractivity contribution in [1.29, 1.82) is 0 Å². The zero-order valence-corrected chi connectivity index (χ0v) is 6.13. The van der Waals surface area contributed by atoms with E-state index in [0.29, 0.717) is 0 Å². The van der Waals surface area contributed by atoms with Crippen LogP contribution in [0.15, 0.2) is 0 Å². The van der Waals surface area contributed by atoms with Gasteiger partial charge in [0, 0.05) is 12.5 Å². The van der Waals surface area contributed by atoms with E-state index in [-0.39, 0.29) is 18.4 Å². The zero-order chi connectivity index (χ0) is 8.43. The van der Waals surface area contributed by atoms with Gasteiger partial charge in [-0.1, -0.05) is 6.92 Å². The van der Waals surface area contributed by atoms with Crippen LogP contribution in [0, 0.1) is 5.92 Å². The predicted octanol–water partition coefficient (Wildman–Crippen LogP) is -1.18. The highest BCUT2D eigenvalue weighted by molar-refractivity contribution is 6.04. The molecule has 0 radical (unpaired) electrons. The molecular weight excluding hydrogens is 148 g/mol. The average Bonchev–Trinajstić information content (AvgIpc) is 2.28. The van der Waals surface area contributed by atoms with Gasteiger partial charge in [0.15, 0.2) is 0 Å². The maximum Gasteiger partial charge on any atom is 0.322 e. The van der Waals surface area contributed by atoms with Crippen molar-refractivity contribution in [3.63, 3.8) is 0 Å². The number of carbonyl (C=O) groups excluding carboxylic acids is 2. The second-order valence-electron chi connectivity index (χ2n) is 2.60. The molecule has 1 fully saturated rings.